The molecule has 0 aliphatic rings. The van der Waals surface area contributed by atoms with Gasteiger partial charge in [0.2, 0.25) is 5.91 Å². The van der Waals surface area contributed by atoms with Crippen molar-refractivity contribution in [2.45, 2.75) is 5.22 Å². The summed E-state index contributed by atoms with van der Waals surface area (Å²) in [4.78, 5) is 19.6. The van der Waals surface area contributed by atoms with Crippen molar-refractivity contribution in [1.29, 1.82) is 0 Å². The van der Waals surface area contributed by atoms with E-state index in [0.717, 1.165) is 0 Å². The van der Waals surface area contributed by atoms with E-state index in [2.05, 4.69) is 15.3 Å². The van der Waals surface area contributed by atoms with Gasteiger partial charge in [-0.05, 0) is 12.1 Å². The smallest absolute Gasteiger partial charge is 0.258 e. The van der Waals surface area contributed by atoms with Crippen molar-refractivity contribution in [3.8, 4) is 0 Å². The molecule has 0 saturated heterocycles. The van der Waals surface area contributed by atoms with Crippen molar-refractivity contribution in [3.05, 3.63) is 18.3 Å². The number of ether oxygens (including phenoxy) is 1. The van der Waals surface area contributed by atoms with Crippen LogP contribution in [-0.4, -0.2) is 41.9 Å². The average molecular weight is 267 g/mol. The Morgan fingerprint density at radius 3 is 3.28 bits per heavy atom. The quantitative estimate of drug-likeness (QED) is 0.623. The van der Waals surface area contributed by atoms with Crippen molar-refractivity contribution in [3.63, 3.8) is 0 Å². The summed E-state index contributed by atoms with van der Waals surface area (Å²) in [5.74, 6) is 0.184. The maximum Gasteiger partial charge on any atom is 0.258 e. The standard InChI is InChI=1S/C11H13N3O3S/c1-16-6-5-12-9(15)7-18-11-14-10-8(17-11)3-2-4-13-10/h2-4H,5-7H2,1H3,(H,12,15). The van der Waals surface area contributed by atoms with Crippen molar-refractivity contribution in [1.82, 2.24) is 15.3 Å². The Kier molecular flexibility index (Phi) is 4.54. The zero-order valence-electron chi connectivity index (χ0n) is 9.88. The molecule has 0 aliphatic heterocycles. The fraction of sp³-hybridized carbons (Fsp3) is 0.364. The van der Waals surface area contributed by atoms with Crippen molar-refractivity contribution in [2.75, 3.05) is 26.0 Å². The van der Waals surface area contributed by atoms with Crippen LogP contribution in [0.4, 0.5) is 0 Å². The second kappa shape index (κ2) is 6.36. The molecule has 2 aromatic rings. The summed E-state index contributed by atoms with van der Waals surface area (Å²) in [6.45, 7) is 1.01. The van der Waals surface area contributed by atoms with E-state index in [-0.39, 0.29) is 11.7 Å². The molecule has 0 unspecified atom stereocenters. The van der Waals surface area contributed by atoms with Crippen molar-refractivity contribution in [2.24, 2.45) is 0 Å². The number of nitrogens with zero attached hydrogens (tertiary/aromatic N) is 2. The number of thioether (sulfide) groups is 1. The molecule has 0 aliphatic carbocycles. The van der Waals surface area contributed by atoms with E-state index in [1.54, 1.807) is 25.4 Å². The van der Waals surface area contributed by atoms with Gasteiger partial charge in [-0.2, -0.15) is 4.98 Å². The molecule has 0 spiro atoms. The number of carbonyl (C=O) groups is 1. The van der Waals surface area contributed by atoms with Crippen LogP contribution in [0.3, 0.4) is 0 Å². The SMILES string of the molecule is COCCNC(=O)CSc1nc2ncccc2o1. The van der Waals surface area contributed by atoms with Crippen LogP contribution in [0.15, 0.2) is 28.0 Å². The van der Waals surface area contributed by atoms with Gasteiger partial charge in [-0.15, -0.1) is 0 Å². The average Bonchev–Trinajstić information content (AvgIpc) is 2.79. The van der Waals surface area contributed by atoms with Gasteiger partial charge in [-0.3, -0.25) is 4.79 Å². The summed E-state index contributed by atoms with van der Waals surface area (Å²) in [5.41, 5.74) is 1.18. The van der Waals surface area contributed by atoms with E-state index in [1.807, 2.05) is 0 Å². The van der Waals surface area contributed by atoms with Gasteiger partial charge in [0.25, 0.3) is 5.22 Å². The Balaban J connectivity index is 1.84. The molecule has 0 fully saturated rings. The molecule has 1 N–H and O–H groups in total. The van der Waals surface area contributed by atoms with Crippen molar-refractivity contribution < 1.29 is 13.9 Å². The molecule has 0 aromatic carbocycles. The summed E-state index contributed by atoms with van der Waals surface area (Å²) in [6, 6.07) is 3.57. The van der Waals surface area contributed by atoms with Gasteiger partial charge in [-0.1, -0.05) is 11.8 Å². The lowest BCUT2D eigenvalue weighted by atomic mass is 10.5. The Morgan fingerprint density at radius 1 is 1.61 bits per heavy atom. The predicted octanol–water partition coefficient (Wildman–Crippen LogP) is 1.08. The van der Waals surface area contributed by atoms with E-state index < -0.39 is 0 Å². The maximum atomic E-state index is 11.4. The maximum absolute atomic E-state index is 11.4. The Hall–Kier alpha value is -1.60. The molecule has 2 rings (SSSR count). The minimum atomic E-state index is -0.0766. The number of pyridine rings is 1. The minimum absolute atomic E-state index is 0.0766. The zero-order valence-corrected chi connectivity index (χ0v) is 10.7. The molecule has 96 valence electrons. The molecule has 0 atom stereocenters. The zero-order chi connectivity index (χ0) is 12.8. The Labute approximate surface area is 108 Å². The van der Waals surface area contributed by atoms with Crippen LogP contribution < -0.4 is 5.32 Å². The summed E-state index contributed by atoms with van der Waals surface area (Å²) in [6.07, 6.45) is 1.65. The minimum Gasteiger partial charge on any atom is -0.430 e. The number of fused-ring (bicyclic) bond motifs is 1. The lowest BCUT2D eigenvalue weighted by Crippen LogP contribution is -2.28. The first kappa shape index (κ1) is 12.8. The van der Waals surface area contributed by atoms with Crippen LogP contribution in [0.2, 0.25) is 0 Å². The van der Waals surface area contributed by atoms with Crippen LogP contribution >= 0.6 is 11.8 Å². The molecule has 0 radical (unpaired) electrons. The van der Waals surface area contributed by atoms with Gasteiger partial charge in [0, 0.05) is 19.9 Å². The van der Waals surface area contributed by atoms with Gasteiger partial charge in [0.1, 0.15) is 0 Å². The van der Waals surface area contributed by atoms with E-state index in [0.29, 0.717) is 29.6 Å². The number of amides is 1. The first-order valence-electron chi connectivity index (χ1n) is 5.39. The number of carbonyl (C=O) groups excluding carboxylic acids is 1. The van der Waals surface area contributed by atoms with Gasteiger partial charge < -0.3 is 14.5 Å². The molecule has 0 bridgehead atoms. The summed E-state index contributed by atoms with van der Waals surface area (Å²) >= 11 is 1.24. The van der Waals surface area contributed by atoms with Crippen LogP contribution in [-0.2, 0) is 9.53 Å². The van der Waals surface area contributed by atoms with Gasteiger partial charge in [-0.25, -0.2) is 4.98 Å². The van der Waals surface area contributed by atoms with Crippen molar-refractivity contribution >= 4 is 28.9 Å². The summed E-state index contributed by atoms with van der Waals surface area (Å²) in [7, 11) is 1.59. The highest BCUT2D eigenvalue weighted by Crippen LogP contribution is 2.21. The highest BCUT2D eigenvalue weighted by atomic mass is 32.2. The fourth-order valence-corrected chi connectivity index (χ4v) is 1.94. The van der Waals surface area contributed by atoms with E-state index in [4.69, 9.17) is 9.15 Å². The first-order valence-corrected chi connectivity index (χ1v) is 6.38. The number of aromatic nitrogens is 2. The fourth-order valence-electron chi connectivity index (χ4n) is 1.28. The molecule has 2 aromatic heterocycles. The number of hydrogen-bond donors (Lipinski definition) is 1. The van der Waals surface area contributed by atoms with Crippen LogP contribution in [0.5, 0.6) is 0 Å². The number of hydrogen-bond acceptors (Lipinski definition) is 6. The number of oxazole rings is 1. The third-order valence-electron chi connectivity index (χ3n) is 2.10. The number of nitrogens with one attached hydrogen (secondary N) is 1. The monoisotopic (exact) mass is 267 g/mol. The highest BCUT2D eigenvalue weighted by molar-refractivity contribution is 7.99. The normalized spacial score (nSPS) is 10.7. The molecular weight excluding hydrogens is 254 g/mol. The van der Waals surface area contributed by atoms with E-state index in [1.165, 1.54) is 11.8 Å². The predicted molar refractivity (Wildman–Crippen MR) is 67.4 cm³/mol. The van der Waals surface area contributed by atoms with Crippen LogP contribution in [0.25, 0.3) is 11.2 Å². The summed E-state index contributed by atoms with van der Waals surface area (Å²) in [5, 5.41) is 3.17. The highest BCUT2D eigenvalue weighted by Gasteiger charge is 2.09. The second-order valence-corrected chi connectivity index (χ2v) is 4.36. The third-order valence-corrected chi connectivity index (χ3v) is 2.93. The van der Waals surface area contributed by atoms with Gasteiger partial charge in [0.05, 0.1) is 12.4 Å². The van der Waals surface area contributed by atoms with Gasteiger partial charge >= 0.3 is 0 Å². The molecule has 18 heavy (non-hydrogen) atoms. The third kappa shape index (κ3) is 3.44. The van der Waals surface area contributed by atoms with Gasteiger partial charge in [0.15, 0.2) is 11.2 Å². The largest absolute Gasteiger partial charge is 0.430 e. The Bertz CT molecular complexity index is 496. The topological polar surface area (TPSA) is 77.2 Å². The lowest BCUT2D eigenvalue weighted by molar-refractivity contribution is -0.118. The van der Waals surface area contributed by atoms with E-state index in [9.17, 15) is 4.79 Å². The number of methoxy groups -OCH3 is 1. The molecule has 1 amide bonds. The summed E-state index contributed by atoms with van der Waals surface area (Å²) < 4.78 is 10.3. The molecule has 7 heteroatoms. The molecular formula is C11H13N3O3S. The Morgan fingerprint density at radius 2 is 2.50 bits per heavy atom. The lowest BCUT2D eigenvalue weighted by Gasteiger charge is -2.02. The number of rotatable bonds is 6. The molecule has 2 heterocycles. The van der Waals surface area contributed by atoms with E-state index >= 15 is 0 Å². The van der Waals surface area contributed by atoms with Crippen LogP contribution in [0.1, 0.15) is 0 Å². The van der Waals surface area contributed by atoms with Crippen LogP contribution in [0, 0.1) is 0 Å². The first-order chi connectivity index (χ1) is 8.79. The second-order valence-electron chi connectivity index (χ2n) is 3.44. The molecule has 6 nitrogen and oxygen atoms in total. The molecule has 0 saturated carbocycles.